The Morgan fingerprint density at radius 2 is 2.03 bits per heavy atom. The van der Waals surface area contributed by atoms with Crippen molar-refractivity contribution in [3.63, 3.8) is 0 Å². The number of benzene rings is 1. The highest BCUT2D eigenvalue weighted by Gasteiger charge is 2.28. The zero-order valence-electron chi connectivity index (χ0n) is 16.5. The fraction of sp³-hybridized carbons (Fsp3) is 0.286. The molecule has 8 heteroatoms. The molecule has 0 fully saturated rings. The maximum atomic E-state index is 12.2. The molecule has 152 valence electrons. The Bertz CT molecular complexity index is 964. The number of carbonyl (C=O) groups excluding carboxylic acids is 2. The van der Waals surface area contributed by atoms with E-state index < -0.39 is 5.91 Å². The molecule has 5 N–H and O–H groups in total. The third-order valence-electron chi connectivity index (χ3n) is 4.94. The number of amides is 2. The van der Waals surface area contributed by atoms with Crippen LogP contribution in [0.4, 0.5) is 5.00 Å². The normalized spacial score (nSPS) is 15.7. The maximum Gasteiger partial charge on any atom is 0.252 e. The minimum Gasteiger partial charge on any atom is -0.365 e. The average molecular weight is 430 g/mol. The number of carbonyl (C=O) groups is 2. The molecule has 1 atom stereocenters. The van der Waals surface area contributed by atoms with Gasteiger partial charge in [-0.15, -0.1) is 11.3 Å². The fourth-order valence-electron chi connectivity index (χ4n) is 3.32. The van der Waals surface area contributed by atoms with Gasteiger partial charge in [0.05, 0.1) is 23.5 Å². The first-order valence-electron chi connectivity index (χ1n) is 9.52. The van der Waals surface area contributed by atoms with Crippen molar-refractivity contribution in [2.24, 2.45) is 5.73 Å². The quantitative estimate of drug-likeness (QED) is 0.430. The van der Waals surface area contributed by atoms with Crippen LogP contribution in [0.25, 0.3) is 6.08 Å². The van der Waals surface area contributed by atoms with E-state index in [9.17, 15) is 9.59 Å². The van der Waals surface area contributed by atoms with Crippen LogP contribution in [0.3, 0.4) is 0 Å². The summed E-state index contributed by atoms with van der Waals surface area (Å²) in [6.45, 7) is 7.04. The number of thiophene rings is 1. The lowest BCUT2D eigenvalue weighted by molar-refractivity contribution is -0.913. The first-order valence-corrected chi connectivity index (χ1v) is 10.7. The molecule has 3 rings (SSSR count). The Morgan fingerprint density at radius 1 is 1.31 bits per heavy atom. The van der Waals surface area contributed by atoms with Gasteiger partial charge in [0.2, 0.25) is 5.91 Å². The monoisotopic (exact) mass is 429 g/mol. The Kier molecular flexibility index (Phi) is 6.79. The molecule has 0 radical (unpaired) electrons. The number of anilines is 1. The second-order valence-electron chi connectivity index (χ2n) is 7.04. The van der Waals surface area contributed by atoms with Gasteiger partial charge in [-0.05, 0) is 43.3 Å². The van der Waals surface area contributed by atoms with Crippen LogP contribution in [0.2, 0.25) is 0 Å². The molecule has 0 spiro atoms. The van der Waals surface area contributed by atoms with Crippen LogP contribution in [-0.4, -0.2) is 30.0 Å². The molecule has 2 heterocycles. The third-order valence-corrected chi connectivity index (χ3v) is 6.30. The standard InChI is InChI=1S/C21H24N4O2S2/c1-3-25-11-10-15-16(12-25)29-20(18(15)19(22)27)24-21(28)23-17(26)9-8-14-6-4-13(2)5-7-14/h4-9H,3,10-12H2,1-2H3,(H2,22,27)(H2,23,24,26,28)/p+1/b9-8+. The second-order valence-corrected chi connectivity index (χ2v) is 8.55. The Morgan fingerprint density at radius 3 is 2.69 bits per heavy atom. The van der Waals surface area contributed by atoms with Crippen LogP contribution < -0.4 is 21.3 Å². The second kappa shape index (κ2) is 9.30. The summed E-state index contributed by atoms with van der Waals surface area (Å²) in [5.41, 5.74) is 9.21. The number of primary amides is 1. The van der Waals surface area contributed by atoms with E-state index in [0.29, 0.717) is 10.6 Å². The summed E-state index contributed by atoms with van der Waals surface area (Å²) in [5.74, 6) is -0.815. The van der Waals surface area contributed by atoms with Gasteiger partial charge in [-0.2, -0.15) is 0 Å². The molecule has 2 amide bonds. The van der Waals surface area contributed by atoms with E-state index >= 15 is 0 Å². The molecular weight excluding hydrogens is 404 g/mol. The Labute approximate surface area is 179 Å². The number of thiocarbonyl (C=S) groups is 1. The van der Waals surface area contributed by atoms with Crippen molar-refractivity contribution in [1.82, 2.24) is 5.32 Å². The largest absolute Gasteiger partial charge is 0.365 e. The van der Waals surface area contributed by atoms with Gasteiger partial charge in [0.15, 0.2) is 5.11 Å². The number of hydrogen-bond donors (Lipinski definition) is 4. The van der Waals surface area contributed by atoms with Crippen molar-refractivity contribution >= 4 is 51.6 Å². The zero-order valence-corrected chi connectivity index (χ0v) is 18.1. The van der Waals surface area contributed by atoms with Crippen LogP contribution in [0, 0.1) is 6.92 Å². The maximum absolute atomic E-state index is 12.2. The van der Waals surface area contributed by atoms with Crippen molar-refractivity contribution in [2.45, 2.75) is 26.8 Å². The zero-order chi connectivity index (χ0) is 21.0. The lowest BCUT2D eigenvalue weighted by atomic mass is 10.0. The SMILES string of the molecule is CC[NH+]1CCc2c(sc(NC(=S)NC(=O)/C=C/c3ccc(C)cc3)c2C(N)=O)C1. The van der Waals surface area contributed by atoms with E-state index in [0.717, 1.165) is 47.6 Å². The van der Waals surface area contributed by atoms with Crippen molar-refractivity contribution in [2.75, 3.05) is 18.4 Å². The number of likely N-dealkylation sites (N-methyl/N-ethyl adjacent to an activating group) is 1. The van der Waals surface area contributed by atoms with E-state index in [1.807, 2.05) is 31.2 Å². The van der Waals surface area contributed by atoms with Crippen molar-refractivity contribution in [3.8, 4) is 0 Å². The summed E-state index contributed by atoms with van der Waals surface area (Å²) in [7, 11) is 0. The van der Waals surface area contributed by atoms with E-state index in [2.05, 4.69) is 17.6 Å². The van der Waals surface area contributed by atoms with Gasteiger partial charge < -0.3 is 16.0 Å². The lowest BCUT2D eigenvalue weighted by Crippen LogP contribution is -3.11. The molecule has 0 saturated carbocycles. The van der Waals surface area contributed by atoms with Gasteiger partial charge in [-0.25, -0.2) is 0 Å². The number of rotatable bonds is 5. The average Bonchev–Trinajstić information content (AvgIpc) is 3.04. The molecule has 29 heavy (non-hydrogen) atoms. The van der Waals surface area contributed by atoms with Crippen molar-refractivity contribution < 1.29 is 14.5 Å². The van der Waals surface area contributed by atoms with Crippen LogP contribution in [0.15, 0.2) is 30.3 Å². The van der Waals surface area contributed by atoms with Gasteiger partial charge in [-0.3, -0.25) is 14.9 Å². The number of fused-ring (bicyclic) bond motifs is 1. The Balaban J connectivity index is 1.67. The molecule has 0 bridgehead atoms. The molecule has 0 saturated heterocycles. The van der Waals surface area contributed by atoms with Gasteiger partial charge >= 0.3 is 0 Å². The lowest BCUT2D eigenvalue weighted by Gasteiger charge is -2.22. The number of quaternary nitrogens is 1. The number of nitrogens with two attached hydrogens (primary N) is 1. The molecule has 1 aromatic carbocycles. The highest BCUT2D eigenvalue weighted by molar-refractivity contribution is 7.80. The van der Waals surface area contributed by atoms with Crippen LogP contribution in [0.1, 0.15) is 38.8 Å². The topological polar surface area (TPSA) is 88.7 Å². The van der Waals surface area contributed by atoms with E-state index in [1.165, 1.54) is 22.3 Å². The number of hydrogen-bond acceptors (Lipinski definition) is 4. The molecule has 1 aliphatic heterocycles. The van der Waals surface area contributed by atoms with Crippen molar-refractivity contribution in [3.05, 3.63) is 57.5 Å². The van der Waals surface area contributed by atoms with Gasteiger partial charge in [-0.1, -0.05) is 29.8 Å². The van der Waals surface area contributed by atoms with Gasteiger partial charge in [0.1, 0.15) is 11.5 Å². The molecule has 1 aromatic heterocycles. The Hall–Kier alpha value is -2.55. The smallest absolute Gasteiger partial charge is 0.252 e. The molecule has 1 unspecified atom stereocenters. The molecular formula is C21H25N4O2S2+. The molecule has 0 aliphatic carbocycles. The highest BCUT2D eigenvalue weighted by atomic mass is 32.1. The van der Waals surface area contributed by atoms with Crippen molar-refractivity contribution in [1.29, 1.82) is 0 Å². The summed E-state index contributed by atoms with van der Waals surface area (Å²) in [6.07, 6.45) is 3.96. The molecule has 6 nitrogen and oxygen atoms in total. The molecule has 2 aromatic rings. The minimum absolute atomic E-state index is 0.143. The number of nitrogens with one attached hydrogen (secondary N) is 3. The predicted molar refractivity (Wildman–Crippen MR) is 121 cm³/mol. The predicted octanol–water partition coefficient (Wildman–Crippen LogP) is 1.64. The van der Waals surface area contributed by atoms with E-state index in [1.54, 1.807) is 6.08 Å². The summed E-state index contributed by atoms with van der Waals surface area (Å²) in [5, 5.41) is 6.36. The van der Waals surface area contributed by atoms with Crippen LogP contribution in [0.5, 0.6) is 0 Å². The first-order chi connectivity index (χ1) is 13.9. The van der Waals surface area contributed by atoms with Gasteiger partial charge in [0, 0.05) is 12.5 Å². The summed E-state index contributed by atoms with van der Waals surface area (Å²) in [6, 6.07) is 7.84. The molecule has 1 aliphatic rings. The summed E-state index contributed by atoms with van der Waals surface area (Å²) in [4.78, 5) is 26.8. The summed E-state index contributed by atoms with van der Waals surface area (Å²) >= 11 is 6.75. The summed E-state index contributed by atoms with van der Waals surface area (Å²) < 4.78 is 0. The van der Waals surface area contributed by atoms with Crippen LogP contribution in [-0.2, 0) is 17.8 Å². The minimum atomic E-state index is -0.474. The fourth-order valence-corrected chi connectivity index (χ4v) is 4.92. The third kappa shape index (κ3) is 5.29. The first kappa shape index (κ1) is 21.2. The van der Waals surface area contributed by atoms with E-state index in [-0.39, 0.29) is 11.0 Å². The van der Waals surface area contributed by atoms with Gasteiger partial charge in [0.25, 0.3) is 5.91 Å². The number of aryl methyl sites for hydroxylation is 1. The van der Waals surface area contributed by atoms with E-state index in [4.69, 9.17) is 18.0 Å². The van der Waals surface area contributed by atoms with Crippen LogP contribution >= 0.6 is 23.6 Å². The highest BCUT2D eigenvalue weighted by Crippen LogP contribution is 2.34.